The Morgan fingerprint density at radius 3 is 2.53 bits per heavy atom. The van der Waals surface area contributed by atoms with Crippen LogP contribution in [0.2, 0.25) is 0 Å². The van der Waals surface area contributed by atoms with Crippen LogP contribution in [0.25, 0.3) is 0 Å². The Morgan fingerprint density at radius 2 is 1.80 bits per heavy atom. The molecule has 2 aromatic rings. The Balaban J connectivity index is 1.37. The Hall–Kier alpha value is -3.27. The van der Waals surface area contributed by atoms with E-state index in [9.17, 15) is 14.4 Å². The minimum absolute atomic E-state index is 0.00137. The van der Waals surface area contributed by atoms with E-state index in [2.05, 4.69) is 26.8 Å². The number of fused-ring (bicyclic) bond motifs is 1. The summed E-state index contributed by atoms with van der Waals surface area (Å²) in [7, 11) is 0. The smallest absolute Gasteiger partial charge is 0.347 e. The van der Waals surface area contributed by atoms with E-state index in [0.29, 0.717) is 17.2 Å². The molecular weight excluding hydrogens is 460 g/mol. The molecule has 2 amide bonds. The lowest BCUT2D eigenvalue weighted by molar-refractivity contribution is -0.155. The standard InChI is InChI=1S/C20H19BrN2O7/c1-12(29-14-8-6-13(21)7-9-14)20(26)28-11-18(24)22-23-19(25)17-10-27-15-4-2-3-5-16(15)30-17/h2-9,12,17H,10-11H2,1H3,(H,22,24)(H,23,25). The fourth-order valence-corrected chi connectivity index (χ4v) is 2.68. The Kier molecular flexibility index (Phi) is 7.12. The number of hydrogen-bond donors (Lipinski definition) is 2. The van der Waals surface area contributed by atoms with E-state index in [1.165, 1.54) is 6.92 Å². The summed E-state index contributed by atoms with van der Waals surface area (Å²) in [6.07, 6.45) is -1.84. The first-order valence-corrected chi connectivity index (χ1v) is 9.77. The van der Waals surface area contributed by atoms with Gasteiger partial charge in [-0.3, -0.25) is 20.4 Å². The van der Waals surface area contributed by atoms with Crippen molar-refractivity contribution in [2.75, 3.05) is 13.2 Å². The average Bonchev–Trinajstić information content (AvgIpc) is 2.76. The van der Waals surface area contributed by atoms with Crippen molar-refractivity contribution < 1.29 is 33.3 Å². The van der Waals surface area contributed by atoms with Crippen LogP contribution in [0.15, 0.2) is 53.0 Å². The van der Waals surface area contributed by atoms with Crippen molar-refractivity contribution in [3.8, 4) is 17.2 Å². The SMILES string of the molecule is CC(Oc1ccc(Br)cc1)C(=O)OCC(=O)NNC(=O)C1COc2ccccc2O1. The third-order valence-electron chi connectivity index (χ3n) is 3.93. The number of ether oxygens (including phenoxy) is 4. The fraction of sp³-hybridized carbons (Fsp3) is 0.250. The van der Waals surface area contributed by atoms with Crippen LogP contribution >= 0.6 is 15.9 Å². The van der Waals surface area contributed by atoms with Gasteiger partial charge in [-0.2, -0.15) is 0 Å². The third kappa shape index (κ3) is 5.86. The first kappa shape index (κ1) is 21.4. The maximum absolute atomic E-state index is 12.1. The summed E-state index contributed by atoms with van der Waals surface area (Å²) in [6, 6.07) is 13.8. The van der Waals surface area contributed by atoms with Gasteiger partial charge in [-0.05, 0) is 43.3 Å². The van der Waals surface area contributed by atoms with Crippen LogP contribution in [0.3, 0.4) is 0 Å². The molecule has 0 aromatic heterocycles. The van der Waals surface area contributed by atoms with Crippen molar-refractivity contribution in [1.82, 2.24) is 10.9 Å². The lowest BCUT2D eigenvalue weighted by Gasteiger charge is -2.25. The number of nitrogens with one attached hydrogen (secondary N) is 2. The predicted molar refractivity (Wildman–Crippen MR) is 108 cm³/mol. The molecule has 0 saturated carbocycles. The number of halogens is 1. The number of para-hydroxylation sites is 2. The van der Waals surface area contributed by atoms with E-state index in [1.807, 2.05) is 0 Å². The van der Waals surface area contributed by atoms with Gasteiger partial charge in [0.25, 0.3) is 11.8 Å². The molecule has 158 valence electrons. The average molecular weight is 479 g/mol. The Morgan fingerprint density at radius 1 is 1.10 bits per heavy atom. The number of benzene rings is 2. The van der Waals surface area contributed by atoms with Gasteiger partial charge in [0.1, 0.15) is 12.4 Å². The molecule has 0 saturated heterocycles. The van der Waals surface area contributed by atoms with Gasteiger partial charge >= 0.3 is 5.97 Å². The molecule has 1 aliphatic heterocycles. The second kappa shape index (κ2) is 9.97. The Labute approximate surface area is 180 Å². The highest BCUT2D eigenvalue weighted by Crippen LogP contribution is 2.30. The first-order chi connectivity index (χ1) is 14.4. The zero-order chi connectivity index (χ0) is 21.5. The van der Waals surface area contributed by atoms with Crippen LogP contribution < -0.4 is 25.1 Å². The molecule has 0 aliphatic carbocycles. The highest BCUT2D eigenvalue weighted by Gasteiger charge is 2.27. The molecule has 0 radical (unpaired) electrons. The summed E-state index contributed by atoms with van der Waals surface area (Å²) >= 11 is 3.30. The van der Waals surface area contributed by atoms with Gasteiger partial charge in [0.2, 0.25) is 6.10 Å². The van der Waals surface area contributed by atoms with Gasteiger partial charge in [0, 0.05) is 4.47 Å². The first-order valence-electron chi connectivity index (χ1n) is 8.98. The van der Waals surface area contributed by atoms with Gasteiger partial charge in [-0.25, -0.2) is 4.79 Å². The summed E-state index contributed by atoms with van der Waals surface area (Å²) in [5, 5.41) is 0. The number of rotatable bonds is 6. The molecule has 1 aliphatic rings. The number of hydrogen-bond acceptors (Lipinski definition) is 7. The molecule has 0 bridgehead atoms. The molecular formula is C20H19BrN2O7. The topological polar surface area (TPSA) is 112 Å². The highest BCUT2D eigenvalue weighted by atomic mass is 79.9. The second-order valence-corrected chi connectivity index (χ2v) is 7.14. The molecule has 0 spiro atoms. The molecule has 9 nitrogen and oxygen atoms in total. The van der Waals surface area contributed by atoms with E-state index >= 15 is 0 Å². The molecule has 2 aromatic carbocycles. The number of esters is 1. The quantitative estimate of drug-likeness (QED) is 0.480. The minimum atomic E-state index is -0.929. The number of carbonyl (C=O) groups is 3. The maximum Gasteiger partial charge on any atom is 0.347 e. The van der Waals surface area contributed by atoms with E-state index in [4.69, 9.17) is 18.9 Å². The predicted octanol–water partition coefficient (Wildman–Crippen LogP) is 1.75. The molecule has 2 N–H and O–H groups in total. The van der Waals surface area contributed by atoms with Crippen LogP contribution in [0, 0.1) is 0 Å². The molecule has 1 heterocycles. The van der Waals surface area contributed by atoms with Crippen molar-refractivity contribution in [2.45, 2.75) is 19.1 Å². The van der Waals surface area contributed by atoms with Crippen molar-refractivity contribution in [1.29, 1.82) is 0 Å². The summed E-state index contributed by atoms with van der Waals surface area (Å²) in [4.78, 5) is 35.9. The molecule has 30 heavy (non-hydrogen) atoms. The summed E-state index contributed by atoms with van der Waals surface area (Å²) in [6.45, 7) is 0.916. The third-order valence-corrected chi connectivity index (χ3v) is 4.46. The van der Waals surface area contributed by atoms with Crippen molar-refractivity contribution in [2.24, 2.45) is 0 Å². The Bertz CT molecular complexity index is 920. The van der Waals surface area contributed by atoms with E-state index in [-0.39, 0.29) is 6.61 Å². The van der Waals surface area contributed by atoms with Crippen LogP contribution in [0.1, 0.15) is 6.92 Å². The molecule has 2 unspecified atom stereocenters. The molecule has 3 rings (SSSR count). The summed E-state index contributed by atoms with van der Waals surface area (Å²) < 4.78 is 22.2. The minimum Gasteiger partial charge on any atom is -0.485 e. The van der Waals surface area contributed by atoms with Gasteiger partial charge < -0.3 is 18.9 Å². The second-order valence-electron chi connectivity index (χ2n) is 6.22. The molecule has 2 atom stereocenters. The van der Waals surface area contributed by atoms with Gasteiger partial charge in [-0.15, -0.1) is 0 Å². The van der Waals surface area contributed by atoms with E-state index in [1.54, 1.807) is 48.5 Å². The zero-order valence-corrected chi connectivity index (χ0v) is 17.5. The van der Waals surface area contributed by atoms with Crippen LogP contribution in [-0.2, 0) is 19.1 Å². The van der Waals surface area contributed by atoms with E-state index in [0.717, 1.165) is 4.47 Å². The molecule has 0 fully saturated rings. The van der Waals surface area contributed by atoms with Gasteiger partial charge in [-0.1, -0.05) is 28.1 Å². The summed E-state index contributed by atoms with van der Waals surface area (Å²) in [5.74, 6) is -0.586. The monoisotopic (exact) mass is 478 g/mol. The maximum atomic E-state index is 12.1. The highest BCUT2D eigenvalue weighted by molar-refractivity contribution is 9.10. The normalized spacial score (nSPS) is 15.5. The van der Waals surface area contributed by atoms with Gasteiger partial charge in [0.15, 0.2) is 24.2 Å². The lowest BCUT2D eigenvalue weighted by Crippen LogP contribution is -2.51. The fourth-order valence-electron chi connectivity index (χ4n) is 2.42. The van der Waals surface area contributed by atoms with E-state index < -0.39 is 36.6 Å². The van der Waals surface area contributed by atoms with Crippen molar-refractivity contribution >= 4 is 33.7 Å². The van der Waals surface area contributed by atoms with Gasteiger partial charge in [0.05, 0.1) is 0 Å². The van der Waals surface area contributed by atoms with Crippen LogP contribution in [-0.4, -0.2) is 43.2 Å². The largest absolute Gasteiger partial charge is 0.485 e. The van der Waals surface area contributed by atoms with Crippen molar-refractivity contribution in [3.05, 3.63) is 53.0 Å². The number of hydrazine groups is 1. The molecule has 10 heteroatoms. The number of amides is 2. The zero-order valence-electron chi connectivity index (χ0n) is 15.9. The number of carbonyl (C=O) groups excluding carboxylic acids is 3. The summed E-state index contributed by atoms with van der Waals surface area (Å²) in [5.41, 5.74) is 4.37. The van der Waals surface area contributed by atoms with Crippen molar-refractivity contribution in [3.63, 3.8) is 0 Å². The van der Waals surface area contributed by atoms with Crippen LogP contribution in [0.4, 0.5) is 0 Å². The lowest BCUT2D eigenvalue weighted by atomic mass is 10.2. The van der Waals surface area contributed by atoms with Crippen LogP contribution in [0.5, 0.6) is 17.2 Å².